The van der Waals surface area contributed by atoms with Crippen LogP contribution in [-0.2, 0) is 0 Å². The zero-order valence-electron chi connectivity index (χ0n) is 29.2. The second kappa shape index (κ2) is 16.6. The van der Waals surface area contributed by atoms with Crippen LogP contribution in [0.25, 0.3) is 33.7 Å². The summed E-state index contributed by atoms with van der Waals surface area (Å²) in [6, 6.07) is 24.5. The molecule has 4 aromatic carbocycles. The first-order valence-corrected chi connectivity index (χ1v) is 16.8. The summed E-state index contributed by atoms with van der Waals surface area (Å²) >= 11 is 0. The fourth-order valence-corrected chi connectivity index (χ4v) is 5.81. The number of benzene rings is 4. The summed E-state index contributed by atoms with van der Waals surface area (Å²) in [7, 11) is 0. The second-order valence-electron chi connectivity index (χ2n) is 12.3. The van der Waals surface area contributed by atoms with E-state index < -0.39 is 11.6 Å². The first kappa shape index (κ1) is 38.1. The van der Waals surface area contributed by atoms with Gasteiger partial charge in [0.05, 0.1) is 82.2 Å². The molecule has 0 saturated heterocycles. The van der Waals surface area contributed by atoms with Gasteiger partial charge in [-0.2, -0.15) is 10.5 Å². The summed E-state index contributed by atoms with van der Waals surface area (Å²) in [4.78, 5) is 26.2. The Balaban J connectivity index is 0.000000187. The van der Waals surface area contributed by atoms with Crippen LogP contribution in [0.2, 0.25) is 0 Å². The maximum atomic E-state index is 14.0. The molecule has 2 atom stereocenters. The van der Waals surface area contributed by atoms with Crippen LogP contribution in [0, 0.1) is 40.1 Å². The number of hydrogen-bond acceptors (Lipinski definition) is 10. The zero-order chi connectivity index (χ0) is 38.5. The van der Waals surface area contributed by atoms with Crippen molar-refractivity contribution in [3.63, 3.8) is 0 Å². The Bertz CT molecular complexity index is 2750. The minimum absolute atomic E-state index is 0. The van der Waals surface area contributed by atoms with E-state index in [1.165, 1.54) is 12.1 Å². The molecule has 15 heteroatoms. The predicted octanol–water partition coefficient (Wildman–Crippen LogP) is 8.77. The van der Waals surface area contributed by atoms with Crippen molar-refractivity contribution < 1.29 is 13.2 Å². The molecule has 2 N–H and O–H groups in total. The van der Waals surface area contributed by atoms with Gasteiger partial charge in [-0.1, -0.05) is 31.7 Å². The van der Waals surface area contributed by atoms with Gasteiger partial charge in [0.15, 0.2) is 23.3 Å². The van der Waals surface area contributed by atoms with Gasteiger partial charge in [-0.3, -0.25) is 19.1 Å². The highest BCUT2D eigenvalue weighted by atomic mass is 19.2. The molecule has 0 aliphatic heterocycles. The highest BCUT2D eigenvalue weighted by Crippen LogP contribution is 2.24. The van der Waals surface area contributed by atoms with Crippen molar-refractivity contribution in [1.82, 2.24) is 39.0 Å². The molecule has 0 bridgehead atoms. The van der Waals surface area contributed by atoms with E-state index in [0.29, 0.717) is 45.5 Å². The molecule has 0 aliphatic rings. The third-order valence-corrected chi connectivity index (χ3v) is 8.63. The summed E-state index contributed by atoms with van der Waals surface area (Å²) in [5.74, 6) is -0.00941. The van der Waals surface area contributed by atoms with Crippen LogP contribution >= 0.6 is 0 Å². The van der Waals surface area contributed by atoms with Gasteiger partial charge in [0.2, 0.25) is 0 Å². The first-order chi connectivity index (χ1) is 26.7. The lowest BCUT2D eigenvalue weighted by atomic mass is 10.1. The molecule has 4 aromatic heterocycles. The van der Waals surface area contributed by atoms with Gasteiger partial charge in [0.1, 0.15) is 30.1 Å². The maximum Gasteiger partial charge on any atom is 0.159 e. The summed E-state index contributed by atoms with van der Waals surface area (Å²) < 4.78 is 44.1. The topological polar surface area (TPSA) is 159 Å². The number of fused-ring (bicyclic) bond motifs is 2. The molecule has 0 amide bonds. The summed E-state index contributed by atoms with van der Waals surface area (Å²) in [6.45, 7) is 3.67. The monoisotopic (exact) mass is 750 g/mol. The van der Waals surface area contributed by atoms with Crippen molar-refractivity contribution in [1.29, 1.82) is 10.5 Å². The van der Waals surface area contributed by atoms with Crippen LogP contribution in [0.4, 0.5) is 24.8 Å². The minimum Gasteiger partial charge on any atom is -0.362 e. The summed E-state index contributed by atoms with van der Waals surface area (Å²) in [6.07, 6.45) is 9.56. The van der Waals surface area contributed by atoms with Gasteiger partial charge >= 0.3 is 0 Å². The fraction of sp³-hybridized carbons (Fsp3) is 0.122. The molecule has 8 rings (SSSR count). The van der Waals surface area contributed by atoms with Gasteiger partial charge in [-0.25, -0.2) is 33.1 Å². The third-order valence-electron chi connectivity index (χ3n) is 8.63. The van der Waals surface area contributed by atoms with Crippen molar-refractivity contribution in [3.05, 3.63) is 156 Å². The van der Waals surface area contributed by atoms with Crippen molar-refractivity contribution in [2.24, 2.45) is 0 Å². The Hall–Kier alpha value is -7.65. The fourth-order valence-electron chi connectivity index (χ4n) is 5.81. The summed E-state index contributed by atoms with van der Waals surface area (Å²) in [5.41, 5.74) is 5.18. The number of anilines is 2. The van der Waals surface area contributed by atoms with Gasteiger partial charge in [-0.15, -0.1) is 0 Å². The molecular weight excluding hydrogens is 718 g/mol. The van der Waals surface area contributed by atoms with Crippen molar-refractivity contribution in [2.45, 2.75) is 33.4 Å². The Kier molecular flexibility index (Phi) is 11.3. The third kappa shape index (κ3) is 8.12. The molecule has 56 heavy (non-hydrogen) atoms. The lowest BCUT2D eigenvalue weighted by Crippen LogP contribution is -2.11. The zero-order valence-corrected chi connectivity index (χ0v) is 29.2. The van der Waals surface area contributed by atoms with Gasteiger partial charge in [-0.05, 0) is 74.0 Å². The second-order valence-corrected chi connectivity index (χ2v) is 12.3. The highest BCUT2D eigenvalue weighted by Gasteiger charge is 2.14. The van der Waals surface area contributed by atoms with E-state index in [9.17, 15) is 13.2 Å². The van der Waals surface area contributed by atoms with E-state index >= 15 is 0 Å². The molecule has 0 saturated carbocycles. The molecule has 4 heterocycles. The lowest BCUT2D eigenvalue weighted by Gasteiger charge is -2.16. The molecule has 278 valence electrons. The predicted molar refractivity (Wildman–Crippen MR) is 206 cm³/mol. The van der Waals surface area contributed by atoms with Gasteiger partial charge < -0.3 is 10.6 Å². The van der Waals surface area contributed by atoms with Crippen LogP contribution in [0.15, 0.2) is 116 Å². The van der Waals surface area contributed by atoms with Crippen molar-refractivity contribution >= 4 is 33.7 Å². The number of imidazole rings is 2. The number of aromatic nitrogens is 8. The van der Waals surface area contributed by atoms with Crippen LogP contribution in [0.1, 0.15) is 55.6 Å². The summed E-state index contributed by atoms with van der Waals surface area (Å²) in [5, 5.41) is 24.5. The van der Waals surface area contributed by atoms with Crippen LogP contribution in [0.5, 0.6) is 0 Å². The van der Waals surface area contributed by atoms with Crippen molar-refractivity contribution in [3.8, 4) is 23.8 Å². The van der Waals surface area contributed by atoms with Crippen LogP contribution < -0.4 is 10.6 Å². The van der Waals surface area contributed by atoms with Crippen molar-refractivity contribution in [2.75, 3.05) is 10.6 Å². The first-order valence-electron chi connectivity index (χ1n) is 16.8. The quantitative estimate of drug-likeness (QED) is 0.154. The van der Waals surface area contributed by atoms with Gasteiger partial charge in [0.25, 0.3) is 0 Å². The van der Waals surface area contributed by atoms with E-state index in [-0.39, 0.29) is 25.3 Å². The average molecular weight is 751 g/mol. The van der Waals surface area contributed by atoms with Gasteiger partial charge in [0, 0.05) is 5.56 Å². The Morgan fingerprint density at radius 2 is 1.14 bits per heavy atom. The van der Waals surface area contributed by atoms with E-state index in [2.05, 4.69) is 52.7 Å². The average Bonchev–Trinajstić information content (AvgIpc) is 3.83. The lowest BCUT2D eigenvalue weighted by molar-refractivity contribution is 0.506. The molecule has 0 unspecified atom stereocenters. The Labute approximate surface area is 319 Å². The number of hydrogen-bond donors (Lipinski definition) is 2. The smallest absolute Gasteiger partial charge is 0.159 e. The molecule has 12 nitrogen and oxygen atoms in total. The Morgan fingerprint density at radius 1 is 0.607 bits per heavy atom. The molecule has 0 aliphatic carbocycles. The standard InChI is InChI=1S/C20H14F2N6.C20H15FN6.CH4/c1-12(14-3-4-15(21)16(22)7-14)26-19-9-24-10-20(27-19)28-11-25-17-5-2-13(8-23)6-18(17)28;1-13(15-4-2-3-5-16(15)21)25-19-10-23-11-20(26-19)27-12-24-17-7-6-14(9-22)8-18(17)27;/h2-7,9-12H,1H3,(H,26,27);2-8,10-13H,1H3,(H,25,26);1H4/t12-;13-;/m00./s1. The van der Waals surface area contributed by atoms with E-state index in [1.54, 1.807) is 101 Å². The maximum absolute atomic E-state index is 14.0. The van der Waals surface area contributed by atoms with Crippen LogP contribution in [0.3, 0.4) is 0 Å². The molecule has 8 aromatic rings. The highest BCUT2D eigenvalue weighted by molar-refractivity contribution is 5.79. The number of rotatable bonds is 8. The molecule has 0 radical (unpaired) electrons. The Morgan fingerprint density at radius 3 is 1.66 bits per heavy atom. The molecule has 0 spiro atoms. The minimum atomic E-state index is -0.899. The van der Waals surface area contributed by atoms with E-state index in [0.717, 1.165) is 34.2 Å². The van der Waals surface area contributed by atoms with E-state index in [1.807, 2.05) is 13.8 Å². The SMILES string of the molecule is C.C[C@H](Nc1cncc(-n2cnc3ccc(C#N)cc32)n1)c1ccc(F)c(F)c1.C[C@H](Nc1cncc(-n2cnc3ccc(C#N)cc32)n1)c1ccccc1F. The number of nitriles is 2. The largest absolute Gasteiger partial charge is 0.362 e. The van der Waals surface area contributed by atoms with E-state index in [4.69, 9.17) is 10.5 Å². The number of halogens is 3. The normalized spacial score (nSPS) is 11.7. The number of nitrogens with one attached hydrogen (secondary N) is 2. The van der Waals surface area contributed by atoms with Crippen LogP contribution in [-0.4, -0.2) is 39.0 Å². The molecular formula is C41H33F3N12. The number of nitrogens with zero attached hydrogens (tertiary/aromatic N) is 10. The molecule has 0 fully saturated rings.